The molecule has 5 rings (SSSR count). The van der Waals surface area contributed by atoms with E-state index in [2.05, 4.69) is 0 Å². The van der Waals surface area contributed by atoms with Crippen molar-refractivity contribution in [2.75, 3.05) is 33.3 Å². The zero-order valence-electron chi connectivity index (χ0n) is 26.3. The molecule has 16 heteroatoms. The zero-order chi connectivity index (χ0) is 34.6. The van der Waals surface area contributed by atoms with Crippen LogP contribution in [-0.4, -0.2) is 82.6 Å². The van der Waals surface area contributed by atoms with Crippen molar-refractivity contribution in [3.8, 4) is 11.8 Å². The molecule has 0 aliphatic carbocycles. The molecule has 1 amide bonds. The van der Waals surface area contributed by atoms with Crippen LogP contribution in [0.4, 0.5) is 5.69 Å². The smallest absolute Gasteiger partial charge is 0.345 e. The Morgan fingerprint density at radius 3 is 1.79 bits per heavy atom. The number of thioether (sulfide) groups is 3. The number of aromatic nitrogens is 1. The molecule has 0 fully saturated rings. The van der Waals surface area contributed by atoms with Gasteiger partial charge in [0.25, 0.3) is 0 Å². The normalized spacial score (nSPS) is 17.7. The van der Waals surface area contributed by atoms with Crippen LogP contribution in [0.15, 0.2) is 55.5 Å². The number of anilines is 1. The van der Waals surface area contributed by atoms with Crippen molar-refractivity contribution in [1.29, 1.82) is 0 Å². The minimum atomic E-state index is -1.71. The Kier molecular flexibility index (Phi) is 8.98. The van der Waals surface area contributed by atoms with Crippen LogP contribution in [0, 0.1) is 6.92 Å². The molecule has 0 saturated carbocycles. The molecule has 1 aromatic carbocycles. The lowest BCUT2D eigenvalue weighted by Crippen LogP contribution is -2.54. The van der Waals surface area contributed by atoms with Gasteiger partial charge < -0.3 is 34.1 Å². The fraction of sp³-hybridized carbons (Fsp3) is 0.323. The number of rotatable bonds is 6. The number of fused-ring (bicyclic) bond motifs is 3. The number of benzene rings is 1. The monoisotopic (exact) mass is 702 g/mol. The second kappa shape index (κ2) is 12.4. The van der Waals surface area contributed by atoms with Crippen LogP contribution >= 0.6 is 35.3 Å². The Morgan fingerprint density at radius 1 is 0.766 bits per heavy atom. The van der Waals surface area contributed by atoms with Gasteiger partial charge in [-0.25, -0.2) is 19.2 Å². The van der Waals surface area contributed by atoms with Gasteiger partial charge in [-0.3, -0.25) is 9.36 Å². The van der Waals surface area contributed by atoms with Crippen LogP contribution in [0.2, 0.25) is 0 Å². The van der Waals surface area contributed by atoms with Gasteiger partial charge >= 0.3 is 23.9 Å². The third kappa shape index (κ3) is 5.27. The van der Waals surface area contributed by atoms with Crippen molar-refractivity contribution < 1.29 is 53.1 Å². The summed E-state index contributed by atoms with van der Waals surface area (Å²) < 4.78 is 19.7. The van der Waals surface area contributed by atoms with Gasteiger partial charge in [-0.15, -0.1) is 0 Å². The Labute approximate surface area is 281 Å². The van der Waals surface area contributed by atoms with Crippen molar-refractivity contribution in [1.82, 2.24) is 4.57 Å². The van der Waals surface area contributed by atoms with Crippen LogP contribution < -0.4 is 4.90 Å². The standard InChI is InChI=1S/C31H30N2O11S3/c1-14-8-9-15-16(12-14)33(19(36)13-32-17(34)10-11-18(32)35)30(2,3)25-20(15)31(21(26(37)41-4)22(45-25)27(38)42-5)46-23(28(39)43-6)24(47-31)29(40)44-7/h8-12,34-35H,13H2,1-7H3. The molecule has 47 heavy (non-hydrogen) atoms. The first-order valence-corrected chi connectivity index (χ1v) is 16.3. The first kappa shape index (κ1) is 34.1. The summed E-state index contributed by atoms with van der Waals surface area (Å²) in [5, 5.41) is 20.6. The van der Waals surface area contributed by atoms with Gasteiger partial charge in [0.15, 0.2) is 11.8 Å². The van der Waals surface area contributed by atoms with Crippen LogP contribution in [0.1, 0.15) is 25.0 Å². The van der Waals surface area contributed by atoms with E-state index in [0.717, 1.165) is 73.9 Å². The highest BCUT2D eigenvalue weighted by Gasteiger charge is 2.61. The van der Waals surface area contributed by atoms with Gasteiger partial charge in [0.2, 0.25) is 5.91 Å². The molecule has 0 radical (unpaired) electrons. The second-order valence-electron chi connectivity index (χ2n) is 10.9. The highest BCUT2D eigenvalue weighted by atomic mass is 32.2. The third-order valence-electron chi connectivity index (χ3n) is 7.77. The molecule has 0 unspecified atom stereocenters. The molecular weight excluding hydrogens is 673 g/mol. The summed E-state index contributed by atoms with van der Waals surface area (Å²) in [4.78, 5) is 69.2. The number of methoxy groups -OCH3 is 4. The quantitative estimate of drug-likeness (QED) is 0.329. The predicted octanol–water partition coefficient (Wildman–Crippen LogP) is 3.83. The molecule has 2 aromatic rings. The molecule has 0 atom stereocenters. The van der Waals surface area contributed by atoms with Crippen molar-refractivity contribution >= 4 is 76.3 Å². The summed E-state index contributed by atoms with van der Waals surface area (Å²) in [6, 6.07) is 7.82. The Balaban J connectivity index is 1.85. The zero-order valence-corrected chi connectivity index (χ0v) is 28.7. The van der Waals surface area contributed by atoms with Gasteiger partial charge in [-0.1, -0.05) is 47.4 Å². The van der Waals surface area contributed by atoms with E-state index in [4.69, 9.17) is 18.9 Å². The summed E-state index contributed by atoms with van der Waals surface area (Å²) in [6.07, 6.45) is 0. The SMILES string of the molecule is COC(=O)C1=C(C(=O)OC)SC2(S1)C(C(=O)OC)=C(C(=O)OC)SC1=C2c2ccc(C)cc2N(C(=O)Cn2c(O)ccc2O)C1(C)C. The fourth-order valence-corrected chi connectivity index (χ4v) is 10.7. The maximum absolute atomic E-state index is 14.2. The number of esters is 4. The average Bonchev–Trinajstić information content (AvgIpc) is 3.58. The number of hydrogen-bond acceptors (Lipinski definition) is 14. The number of nitrogens with zero attached hydrogens (tertiary/aromatic N) is 2. The third-order valence-corrected chi connectivity index (χ3v) is 12.4. The number of ether oxygens (including phenoxy) is 4. The molecule has 4 heterocycles. The van der Waals surface area contributed by atoms with E-state index in [1.54, 1.807) is 32.0 Å². The minimum absolute atomic E-state index is 0.155. The maximum atomic E-state index is 14.2. The van der Waals surface area contributed by atoms with E-state index in [1.165, 1.54) is 17.0 Å². The molecule has 0 saturated heterocycles. The topological polar surface area (TPSA) is 171 Å². The number of hydrogen-bond donors (Lipinski definition) is 2. The Bertz CT molecular complexity index is 1810. The maximum Gasteiger partial charge on any atom is 0.345 e. The van der Waals surface area contributed by atoms with Crippen LogP contribution in [-0.2, 0) is 49.5 Å². The van der Waals surface area contributed by atoms with Crippen LogP contribution in [0.3, 0.4) is 0 Å². The highest BCUT2D eigenvalue weighted by Crippen LogP contribution is 2.71. The number of carbonyl (C=O) groups is 5. The number of aromatic hydroxyl groups is 2. The van der Waals surface area contributed by atoms with Crippen molar-refractivity contribution in [2.24, 2.45) is 0 Å². The molecule has 2 N–H and O–H groups in total. The minimum Gasteiger partial charge on any atom is -0.494 e. The summed E-state index contributed by atoms with van der Waals surface area (Å²) in [7, 11) is 4.57. The van der Waals surface area contributed by atoms with Crippen LogP contribution in [0.5, 0.6) is 11.8 Å². The van der Waals surface area contributed by atoms with Gasteiger partial charge in [0, 0.05) is 28.2 Å². The molecule has 0 bridgehead atoms. The summed E-state index contributed by atoms with van der Waals surface area (Å²) in [5.41, 5.74) is 0.608. The first-order valence-electron chi connectivity index (χ1n) is 13.8. The summed E-state index contributed by atoms with van der Waals surface area (Å²) >= 11 is 2.57. The van der Waals surface area contributed by atoms with E-state index in [0.29, 0.717) is 21.7 Å². The van der Waals surface area contributed by atoms with Crippen molar-refractivity contribution in [3.63, 3.8) is 0 Å². The van der Waals surface area contributed by atoms with E-state index < -0.39 is 45.9 Å². The average molecular weight is 703 g/mol. The molecule has 13 nitrogen and oxygen atoms in total. The molecule has 3 aliphatic heterocycles. The highest BCUT2D eigenvalue weighted by molar-refractivity contribution is 8.26. The number of amides is 1. The van der Waals surface area contributed by atoms with Gasteiger partial charge in [0.05, 0.1) is 45.2 Å². The van der Waals surface area contributed by atoms with Gasteiger partial charge in [0.1, 0.15) is 25.3 Å². The Morgan fingerprint density at radius 2 is 1.28 bits per heavy atom. The van der Waals surface area contributed by atoms with Crippen molar-refractivity contribution in [2.45, 2.75) is 36.9 Å². The predicted molar refractivity (Wildman–Crippen MR) is 175 cm³/mol. The van der Waals surface area contributed by atoms with E-state index in [9.17, 15) is 34.2 Å². The lowest BCUT2D eigenvalue weighted by atomic mass is 9.83. The summed E-state index contributed by atoms with van der Waals surface area (Å²) in [6.45, 7) is 4.85. The largest absolute Gasteiger partial charge is 0.494 e. The molecule has 248 valence electrons. The number of aryl methyl sites for hydroxylation is 1. The number of carbonyl (C=O) groups excluding carboxylic acids is 5. The van der Waals surface area contributed by atoms with E-state index >= 15 is 0 Å². The second-order valence-corrected chi connectivity index (χ2v) is 14.6. The summed E-state index contributed by atoms with van der Waals surface area (Å²) in [5.74, 6) is -4.71. The molecule has 1 aromatic heterocycles. The van der Waals surface area contributed by atoms with Gasteiger partial charge in [-0.2, -0.15) is 0 Å². The first-order chi connectivity index (χ1) is 22.2. The molecule has 1 spiro atoms. The van der Waals surface area contributed by atoms with Crippen LogP contribution in [0.25, 0.3) is 5.57 Å². The fourth-order valence-electron chi connectivity index (χ4n) is 5.68. The molecular formula is C31H30N2O11S3. The Hall–Kier alpha value is -4.28. The lowest BCUT2D eigenvalue weighted by Gasteiger charge is -2.50. The lowest BCUT2D eigenvalue weighted by molar-refractivity contribution is -0.138. The van der Waals surface area contributed by atoms with E-state index in [-0.39, 0.29) is 32.0 Å². The van der Waals surface area contributed by atoms with Crippen molar-refractivity contribution in [3.05, 3.63) is 66.7 Å². The van der Waals surface area contributed by atoms with E-state index in [1.807, 2.05) is 6.92 Å². The molecule has 3 aliphatic rings. The van der Waals surface area contributed by atoms with Gasteiger partial charge in [-0.05, 0) is 32.4 Å².